The van der Waals surface area contributed by atoms with Crippen molar-refractivity contribution in [2.75, 3.05) is 17.7 Å². The number of carbonyl (C=O) groups is 1. The molecule has 0 fully saturated rings. The van der Waals surface area contributed by atoms with Crippen molar-refractivity contribution in [3.8, 4) is 22.8 Å². The van der Waals surface area contributed by atoms with E-state index in [9.17, 15) is 9.18 Å². The monoisotopic (exact) mass is 476 g/mol. The van der Waals surface area contributed by atoms with Crippen molar-refractivity contribution in [3.05, 3.63) is 84.7 Å². The van der Waals surface area contributed by atoms with Crippen molar-refractivity contribution in [2.45, 2.75) is 24.9 Å². The van der Waals surface area contributed by atoms with Crippen LogP contribution in [0.4, 0.5) is 10.1 Å². The van der Waals surface area contributed by atoms with Gasteiger partial charge in [-0.25, -0.2) is 4.39 Å². The smallest absolute Gasteiger partial charge is 0.234 e. The second-order valence-electron chi connectivity index (χ2n) is 7.55. The summed E-state index contributed by atoms with van der Waals surface area (Å²) in [5.41, 5.74) is 2.13. The minimum Gasteiger partial charge on any atom is -0.494 e. The van der Waals surface area contributed by atoms with Gasteiger partial charge in [-0.3, -0.25) is 9.36 Å². The molecule has 1 heterocycles. The fourth-order valence-electron chi connectivity index (χ4n) is 3.28. The molecule has 174 valence electrons. The number of thioether (sulfide) groups is 1. The Bertz CT molecular complexity index is 1230. The van der Waals surface area contributed by atoms with Crippen LogP contribution in [-0.2, 0) is 4.79 Å². The molecule has 0 bridgehead atoms. The predicted octanol–water partition coefficient (Wildman–Crippen LogP) is 5.98. The average Bonchev–Trinajstić information content (AvgIpc) is 3.29. The van der Waals surface area contributed by atoms with Gasteiger partial charge in [0.1, 0.15) is 11.6 Å². The number of hydrogen-bond donors (Lipinski definition) is 1. The van der Waals surface area contributed by atoms with Gasteiger partial charge in [0.25, 0.3) is 0 Å². The number of hydrogen-bond acceptors (Lipinski definition) is 5. The number of ether oxygens (including phenoxy) is 1. The summed E-state index contributed by atoms with van der Waals surface area (Å²) in [6, 6.07) is 23.1. The van der Waals surface area contributed by atoms with Gasteiger partial charge in [-0.2, -0.15) is 0 Å². The van der Waals surface area contributed by atoms with Crippen LogP contribution >= 0.6 is 11.8 Å². The Morgan fingerprint density at radius 2 is 1.82 bits per heavy atom. The van der Waals surface area contributed by atoms with Crippen LogP contribution in [0.25, 0.3) is 17.1 Å². The Labute approximate surface area is 202 Å². The summed E-state index contributed by atoms with van der Waals surface area (Å²) < 4.78 is 21.3. The molecule has 0 saturated carbocycles. The largest absolute Gasteiger partial charge is 0.494 e. The molecule has 0 radical (unpaired) electrons. The Hall–Kier alpha value is -3.65. The van der Waals surface area contributed by atoms with E-state index in [1.54, 1.807) is 12.1 Å². The van der Waals surface area contributed by atoms with Crippen molar-refractivity contribution < 1.29 is 13.9 Å². The van der Waals surface area contributed by atoms with Gasteiger partial charge in [-0.05, 0) is 55.0 Å². The Morgan fingerprint density at radius 1 is 1.03 bits per heavy atom. The molecule has 4 aromatic rings. The SMILES string of the molecule is CCCCOc1ccc(NC(=O)CSc2nnc(-c3cccc(F)c3)n2-c2ccccc2)cc1. The molecule has 0 spiro atoms. The van der Waals surface area contributed by atoms with Gasteiger partial charge in [0.2, 0.25) is 5.91 Å². The van der Waals surface area contributed by atoms with E-state index in [1.165, 1.54) is 23.9 Å². The average molecular weight is 477 g/mol. The van der Waals surface area contributed by atoms with E-state index in [-0.39, 0.29) is 17.5 Å². The molecule has 1 aromatic heterocycles. The highest BCUT2D eigenvalue weighted by Crippen LogP contribution is 2.28. The van der Waals surface area contributed by atoms with Gasteiger partial charge < -0.3 is 10.1 Å². The van der Waals surface area contributed by atoms with Gasteiger partial charge in [-0.15, -0.1) is 10.2 Å². The second-order valence-corrected chi connectivity index (χ2v) is 8.49. The molecule has 4 rings (SSSR count). The number of unbranched alkanes of at least 4 members (excludes halogenated alkanes) is 1. The van der Waals surface area contributed by atoms with Crippen molar-refractivity contribution in [3.63, 3.8) is 0 Å². The van der Waals surface area contributed by atoms with Crippen LogP contribution in [-0.4, -0.2) is 33.0 Å². The molecule has 3 aromatic carbocycles. The maximum absolute atomic E-state index is 13.8. The van der Waals surface area contributed by atoms with E-state index in [1.807, 2.05) is 59.2 Å². The molecule has 34 heavy (non-hydrogen) atoms. The molecular formula is C26H25FN4O2S. The molecule has 0 saturated heterocycles. The fraction of sp³-hybridized carbons (Fsp3) is 0.192. The zero-order chi connectivity index (χ0) is 23.8. The first-order valence-electron chi connectivity index (χ1n) is 11.1. The number of nitrogens with zero attached hydrogens (tertiary/aromatic N) is 3. The van der Waals surface area contributed by atoms with Crippen LogP contribution in [0, 0.1) is 5.82 Å². The number of rotatable bonds is 10. The van der Waals surface area contributed by atoms with E-state index >= 15 is 0 Å². The Kier molecular flexibility index (Phi) is 7.93. The van der Waals surface area contributed by atoms with Gasteiger partial charge in [0.05, 0.1) is 12.4 Å². The molecule has 0 atom stereocenters. The molecule has 0 aliphatic carbocycles. The van der Waals surface area contributed by atoms with Gasteiger partial charge in [0.15, 0.2) is 11.0 Å². The molecule has 0 aliphatic rings. The highest BCUT2D eigenvalue weighted by atomic mass is 32.2. The lowest BCUT2D eigenvalue weighted by molar-refractivity contribution is -0.113. The number of halogens is 1. The van der Waals surface area contributed by atoms with Crippen LogP contribution in [0.3, 0.4) is 0 Å². The summed E-state index contributed by atoms with van der Waals surface area (Å²) in [4.78, 5) is 12.6. The van der Waals surface area contributed by atoms with Crippen LogP contribution in [0.2, 0.25) is 0 Å². The third-order valence-electron chi connectivity index (χ3n) is 4.97. The number of para-hydroxylation sites is 1. The van der Waals surface area contributed by atoms with Gasteiger partial charge >= 0.3 is 0 Å². The van der Waals surface area contributed by atoms with Crippen molar-refractivity contribution in [1.29, 1.82) is 0 Å². The minimum absolute atomic E-state index is 0.142. The predicted molar refractivity (Wildman–Crippen MR) is 133 cm³/mol. The summed E-state index contributed by atoms with van der Waals surface area (Å²) in [6.45, 7) is 2.79. The lowest BCUT2D eigenvalue weighted by atomic mass is 10.2. The zero-order valence-corrected chi connectivity index (χ0v) is 19.6. The van der Waals surface area contributed by atoms with E-state index < -0.39 is 0 Å². The van der Waals surface area contributed by atoms with Crippen LogP contribution < -0.4 is 10.1 Å². The van der Waals surface area contributed by atoms with E-state index in [2.05, 4.69) is 22.4 Å². The first-order chi connectivity index (χ1) is 16.6. The van der Waals surface area contributed by atoms with E-state index in [4.69, 9.17) is 4.74 Å². The van der Waals surface area contributed by atoms with Crippen molar-refractivity contribution >= 4 is 23.4 Å². The maximum atomic E-state index is 13.8. The van der Waals surface area contributed by atoms with E-state index in [0.717, 1.165) is 24.3 Å². The number of anilines is 1. The van der Waals surface area contributed by atoms with Crippen LogP contribution in [0.1, 0.15) is 19.8 Å². The summed E-state index contributed by atoms with van der Waals surface area (Å²) in [5, 5.41) is 12.0. The number of nitrogens with one attached hydrogen (secondary N) is 1. The van der Waals surface area contributed by atoms with Gasteiger partial charge in [0, 0.05) is 16.9 Å². The number of benzene rings is 3. The van der Waals surface area contributed by atoms with Gasteiger partial charge in [-0.1, -0.05) is 55.4 Å². The quantitative estimate of drug-likeness (QED) is 0.225. The normalized spacial score (nSPS) is 10.8. The zero-order valence-electron chi connectivity index (χ0n) is 18.8. The maximum Gasteiger partial charge on any atom is 0.234 e. The molecular weight excluding hydrogens is 451 g/mol. The summed E-state index contributed by atoms with van der Waals surface area (Å²) in [5.74, 6) is 0.909. The third-order valence-corrected chi connectivity index (χ3v) is 5.90. The molecule has 1 amide bonds. The topological polar surface area (TPSA) is 69.0 Å². The fourth-order valence-corrected chi connectivity index (χ4v) is 4.04. The highest BCUT2D eigenvalue weighted by Gasteiger charge is 2.17. The van der Waals surface area contributed by atoms with Crippen molar-refractivity contribution in [1.82, 2.24) is 14.8 Å². The standard InChI is InChI=1S/C26H25FN4O2S/c1-2-3-16-33-23-14-12-21(13-15-23)28-24(32)18-34-26-30-29-25(19-8-7-9-20(27)17-19)31(26)22-10-5-4-6-11-22/h4-15,17H,2-3,16,18H2,1H3,(H,28,32). The van der Waals surface area contributed by atoms with E-state index in [0.29, 0.717) is 28.8 Å². The Balaban J connectivity index is 1.46. The molecule has 0 aliphatic heterocycles. The molecule has 0 unspecified atom stereocenters. The number of aromatic nitrogens is 3. The minimum atomic E-state index is -0.351. The second kappa shape index (κ2) is 11.5. The summed E-state index contributed by atoms with van der Waals surface area (Å²) in [7, 11) is 0. The summed E-state index contributed by atoms with van der Waals surface area (Å²) >= 11 is 1.26. The number of carbonyl (C=O) groups excluding carboxylic acids is 1. The Morgan fingerprint density at radius 3 is 2.56 bits per heavy atom. The summed E-state index contributed by atoms with van der Waals surface area (Å²) in [6.07, 6.45) is 2.08. The highest BCUT2D eigenvalue weighted by molar-refractivity contribution is 7.99. The first kappa shape index (κ1) is 23.5. The molecule has 8 heteroatoms. The van der Waals surface area contributed by atoms with Crippen LogP contribution in [0.15, 0.2) is 84.0 Å². The number of amides is 1. The lowest BCUT2D eigenvalue weighted by Gasteiger charge is -2.11. The van der Waals surface area contributed by atoms with Crippen LogP contribution in [0.5, 0.6) is 5.75 Å². The lowest BCUT2D eigenvalue weighted by Crippen LogP contribution is -2.14. The molecule has 1 N–H and O–H groups in total. The third kappa shape index (κ3) is 6.02. The first-order valence-corrected chi connectivity index (χ1v) is 12.0. The molecule has 6 nitrogen and oxygen atoms in total. The van der Waals surface area contributed by atoms with Crippen molar-refractivity contribution in [2.24, 2.45) is 0 Å².